The maximum absolute atomic E-state index is 2.77. The van der Waals surface area contributed by atoms with Gasteiger partial charge in [0.25, 0.3) is 0 Å². The molecule has 1 aliphatic rings. The molecule has 2 nitrogen and oxygen atoms in total. The van der Waals surface area contributed by atoms with E-state index in [-0.39, 0.29) is 0 Å². The first-order chi connectivity index (χ1) is 31.3. The first-order valence-electron chi connectivity index (χ1n) is 22.7. The third kappa shape index (κ3) is 6.21. The zero-order valence-corrected chi connectivity index (χ0v) is 36.4. The highest BCUT2D eigenvalue weighted by molar-refractivity contribution is 7.19. The number of para-hydroxylation sites is 2. The zero-order valence-electron chi connectivity index (χ0n) is 35.4. The molecule has 0 saturated heterocycles. The van der Waals surface area contributed by atoms with E-state index >= 15 is 0 Å². The molecule has 302 valence electrons. The molecule has 11 aromatic rings. The van der Waals surface area contributed by atoms with Crippen molar-refractivity contribution in [3.63, 3.8) is 0 Å². The van der Waals surface area contributed by atoms with Gasteiger partial charge in [-0.05, 0) is 98.7 Å². The summed E-state index contributed by atoms with van der Waals surface area (Å²) in [4.78, 5) is 0. The number of fused-ring (bicyclic) bond motifs is 6. The minimum absolute atomic E-state index is 0.641. The Morgan fingerprint density at radius 3 is 1.35 bits per heavy atom. The molecule has 0 N–H and O–H groups in total. The molecule has 0 aliphatic heterocycles. The smallest absolute Gasteiger partial charge is 0.179 e. The van der Waals surface area contributed by atoms with E-state index in [9.17, 15) is 0 Å². The summed E-state index contributed by atoms with van der Waals surface area (Å²) in [5.41, 5.74) is 11.3. The Labute approximate surface area is 370 Å². The second-order valence-corrected chi connectivity index (χ2v) is 21.3. The van der Waals surface area contributed by atoms with Crippen molar-refractivity contribution in [3.8, 4) is 22.5 Å². The van der Waals surface area contributed by atoms with E-state index in [0.29, 0.717) is 5.92 Å². The quantitative estimate of drug-likeness (QED) is 0.107. The molecule has 9 aromatic carbocycles. The topological polar surface area (TPSA) is 9.86 Å². The minimum Gasteiger partial charge on any atom is -0.309 e. The lowest BCUT2D eigenvalue weighted by Gasteiger charge is -2.34. The summed E-state index contributed by atoms with van der Waals surface area (Å²) >= 11 is 0. The van der Waals surface area contributed by atoms with Crippen molar-refractivity contribution in [1.82, 2.24) is 9.13 Å². The summed E-state index contributed by atoms with van der Waals surface area (Å²) < 4.78 is 5.01. The number of hydrogen-bond donors (Lipinski definition) is 0. The van der Waals surface area contributed by atoms with Crippen molar-refractivity contribution in [2.24, 2.45) is 0 Å². The first kappa shape index (κ1) is 37.5. The highest BCUT2D eigenvalue weighted by Gasteiger charge is 2.41. The standard InChI is InChI=1S/C60H48N2Si/c1-5-17-43(18-6-1)45-29-35-51(36-30-45)63(49-21-9-3-10-22-49,50-23-11-4-12-24-50)52-37-32-47(33-38-52)61-57-27-15-13-26-54(57)56-40-34-48(42-60(56)61)62-58-28-16-14-25-53(58)55-39-31-46(41-59(55)62)44-19-7-2-8-20-44/h1,3-6,9-18,21-42,44H,2,7-8,19-20H2. The Hall–Kier alpha value is -7.20. The van der Waals surface area contributed by atoms with Crippen molar-refractivity contribution in [3.05, 3.63) is 230 Å². The number of hydrogen-bond acceptors (Lipinski definition) is 0. The van der Waals surface area contributed by atoms with Crippen LogP contribution in [0.5, 0.6) is 0 Å². The van der Waals surface area contributed by atoms with E-state index in [0.717, 1.165) is 5.69 Å². The SMILES string of the molecule is c1ccc(-c2ccc([Si](c3ccccc3)(c3ccccc3)c3ccc(-n4c5ccccc5c5ccc(-n6c7ccccc7c7ccc(C8CCCCC8)cc76)cc54)cc3)cc2)cc1. The van der Waals surface area contributed by atoms with Crippen LogP contribution in [0.4, 0.5) is 0 Å². The fraction of sp³-hybridized carbons (Fsp3) is 0.100. The number of benzene rings is 9. The van der Waals surface area contributed by atoms with Gasteiger partial charge >= 0.3 is 0 Å². The van der Waals surface area contributed by atoms with Crippen LogP contribution in [0.1, 0.15) is 43.6 Å². The molecule has 1 saturated carbocycles. The average Bonchev–Trinajstić information content (AvgIpc) is 3.88. The zero-order chi connectivity index (χ0) is 41.7. The molecule has 0 atom stereocenters. The van der Waals surface area contributed by atoms with Gasteiger partial charge in [-0.25, -0.2) is 0 Å². The normalized spacial score (nSPS) is 13.7. The van der Waals surface area contributed by atoms with Gasteiger partial charge in [0.2, 0.25) is 0 Å². The predicted octanol–water partition coefficient (Wildman–Crippen LogP) is 13.0. The maximum atomic E-state index is 2.52. The van der Waals surface area contributed by atoms with Gasteiger partial charge in [0, 0.05) is 32.9 Å². The van der Waals surface area contributed by atoms with Gasteiger partial charge in [0.05, 0.1) is 22.1 Å². The van der Waals surface area contributed by atoms with Gasteiger partial charge in [0.15, 0.2) is 8.07 Å². The fourth-order valence-electron chi connectivity index (χ4n) is 11.1. The van der Waals surface area contributed by atoms with E-state index in [1.54, 1.807) is 0 Å². The monoisotopic (exact) mass is 824 g/mol. The van der Waals surface area contributed by atoms with E-state index in [1.807, 2.05) is 0 Å². The van der Waals surface area contributed by atoms with Crippen LogP contribution >= 0.6 is 0 Å². The third-order valence-electron chi connectivity index (χ3n) is 14.1. The van der Waals surface area contributed by atoms with Crippen molar-refractivity contribution in [2.45, 2.75) is 38.0 Å². The van der Waals surface area contributed by atoms with Gasteiger partial charge in [-0.3, -0.25) is 0 Å². The molecule has 0 unspecified atom stereocenters. The van der Waals surface area contributed by atoms with Gasteiger partial charge < -0.3 is 9.13 Å². The van der Waals surface area contributed by atoms with Crippen LogP contribution in [0, 0.1) is 0 Å². The summed E-state index contributed by atoms with van der Waals surface area (Å²) in [6.07, 6.45) is 6.60. The van der Waals surface area contributed by atoms with Crippen molar-refractivity contribution in [2.75, 3.05) is 0 Å². The van der Waals surface area contributed by atoms with E-state index < -0.39 is 8.07 Å². The van der Waals surface area contributed by atoms with Crippen LogP contribution in [-0.2, 0) is 0 Å². The molecular weight excluding hydrogens is 777 g/mol. The Kier molecular flexibility index (Phi) is 9.30. The van der Waals surface area contributed by atoms with Gasteiger partial charge in [-0.2, -0.15) is 0 Å². The second kappa shape index (κ2) is 15.6. The lowest BCUT2D eigenvalue weighted by molar-refractivity contribution is 0.444. The van der Waals surface area contributed by atoms with Crippen LogP contribution in [0.3, 0.4) is 0 Å². The predicted molar refractivity (Wildman–Crippen MR) is 270 cm³/mol. The van der Waals surface area contributed by atoms with Crippen LogP contribution < -0.4 is 20.7 Å². The molecule has 2 aromatic heterocycles. The molecule has 0 amide bonds. The molecule has 1 fully saturated rings. The van der Waals surface area contributed by atoms with E-state index in [4.69, 9.17) is 0 Å². The Morgan fingerprint density at radius 1 is 0.317 bits per heavy atom. The van der Waals surface area contributed by atoms with Crippen LogP contribution in [0.15, 0.2) is 224 Å². The highest BCUT2D eigenvalue weighted by atomic mass is 28.3. The van der Waals surface area contributed by atoms with Crippen LogP contribution in [-0.4, -0.2) is 17.2 Å². The van der Waals surface area contributed by atoms with Gasteiger partial charge in [-0.15, -0.1) is 0 Å². The van der Waals surface area contributed by atoms with Gasteiger partial charge in [0.1, 0.15) is 0 Å². The lowest BCUT2D eigenvalue weighted by Crippen LogP contribution is -2.74. The summed E-state index contributed by atoms with van der Waals surface area (Å²) in [5.74, 6) is 0.641. The lowest BCUT2D eigenvalue weighted by atomic mass is 9.84. The van der Waals surface area contributed by atoms with E-state index in [2.05, 4.69) is 234 Å². The van der Waals surface area contributed by atoms with Crippen LogP contribution in [0.25, 0.3) is 66.1 Å². The minimum atomic E-state index is -2.77. The molecule has 2 heterocycles. The molecular formula is C60H48N2Si. The molecule has 0 spiro atoms. The molecule has 0 radical (unpaired) electrons. The summed E-state index contributed by atoms with van der Waals surface area (Å²) in [6.45, 7) is 0. The average molecular weight is 825 g/mol. The van der Waals surface area contributed by atoms with Crippen molar-refractivity contribution < 1.29 is 0 Å². The maximum Gasteiger partial charge on any atom is 0.179 e. The number of rotatable bonds is 8. The summed E-state index contributed by atoms with van der Waals surface area (Å²) in [7, 11) is -2.77. The Morgan fingerprint density at radius 2 is 0.746 bits per heavy atom. The highest BCUT2D eigenvalue weighted by Crippen LogP contribution is 2.39. The molecule has 63 heavy (non-hydrogen) atoms. The molecule has 0 bridgehead atoms. The first-order valence-corrected chi connectivity index (χ1v) is 24.7. The molecule has 3 heteroatoms. The van der Waals surface area contributed by atoms with E-state index in [1.165, 1.54) is 119 Å². The van der Waals surface area contributed by atoms with Crippen molar-refractivity contribution in [1.29, 1.82) is 0 Å². The van der Waals surface area contributed by atoms with Gasteiger partial charge in [-0.1, -0.05) is 201 Å². The van der Waals surface area contributed by atoms with Crippen LogP contribution in [0.2, 0.25) is 0 Å². The summed E-state index contributed by atoms with van der Waals surface area (Å²) in [6, 6.07) is 84.5. The Bertz CT molecular complexity index is 3360. The number of aromatic nitrogens is 2. The summed E-state index contributed by atoms with van der Waals surface area (Å²) in [5, 5.41) is 10.6. The fourth-order valence-corrected chi connectivity index (χ4v) is 15.8. The second-order valence-electron chi connectivity index (χ2n) is 17.5. The van der Waals surface area contributed by atoms with Crippen molar-refractivity contribution >= 4 is 72.4 Å². The third-order valence-corrected chi connectivity index (χ3v) is 18.9. The molecule has 12 rings (SSSR count). The largest absolute Gasteiger partial charge is 0.309 e. The Balaban J connectivity index is 1.04. The molecule has 1 aliphatic carbocycles. The number of nitrogens with zero attached hydrogens (tertiary/aromatic N) is 2.